The topological polar surface area (TPSA) is 25.8 Å². The van der Waals surface area contributed by atoms with Crippen molar-refractivity contribution >= 4 is 32.3 Å². The van der Waals surface area contributed by atoms with Gasteiger partial charge in [0.1, 0.15) is 0 Å². The monoisotopic (exact) mass is 612 g/mol. The van der Waals surface area contributed by atoms with Gasteiger partial charge in [0.15, 0.2) is 0 Å². The van der Waals surface area contributed by atoms with Crippen LogP contribution in [0.2, 0.25) is 0 Å². The molecule has 8 aromatic rings. The van der Waals surface area contributed by atoms with E-state index in [9.17, 15) is 0 Å². The molecule has 6 aromatic carbocycles. The van der Waals surface area contributed by atoms with Crippen LogP contribution < -0.4 is 0 Å². The van der Waals surface area contributed by atoms with Crippen LogP contribution in [0.4, 0.5) is 0 Å². The maximum atomic E-state index is 4.85. The zero-order valence-electron chi connectivity index (χ0n) is 27.4. The van der Waals surface area contributed by atoms with Gasteiger partial charge in [-0.3, -0.25) is 9.97 Å². The summed E-state index contributed by atoms with van der Waals surface area (Å²) in [5.74, 6) is 0. The Morgan fingerprint density at radius 3 is 1.33 bits per heavy atom. The number of benzene rings is 6. The normalized spacial score (nSPS) is 15.4. The Bertz CT molecular complexity index is 2590. The van der Waals surface area contributed by atoms with E-state index in [1.54, 1.807) is 0 Å². The molecule has 2 aromatic heterocycles. The molecule has 48 heavy (non-hydrogen) atoms. The van der Waals surface area contributed by atoms with Crippen LogP contribution in [0.3, 0.4) is 0 Å². The number of fused-ring (bicyclic) bond motifs is 7. The molecule has 226 valence electrons. The minimum absolute atomic E-state index is 0.0532. The van der Waals surface area contributed by atoms with Gasteiger partial charge in [0.05, 0.1) is 11.4 Å². The lowest BCUT2D eigenvalue weighted by Gasteiger charge is -2.21. The van der Waals surface area contributed by atoms with E-state index >= 15 is 0 Å². The third-order valence-electron chi connectivity index (χ3n) is 11.9. The second kappa shape index (κ2) is 8.65. The van der Waals surface area contributed by atoms with Crippen LogP contribution in [0, 0.1) is 0 Å². The van der Waals surface area contributed by atoms with Crippen molar-refractivity contribution in [1.29, 1.82) is 0 Å². The maximum Gasteiger partial charge on any atom is 0.0746 e. The lowest BCUT2D eigenvalue weighted by atomic mass is 9.82. The summed E-state index contributed by atoms with van der Waals surface area (Å²) >= 11 is 0. The molecule has 0 radical (unpaired) electrons. The summed E-state index contributed by atoms with van der Waals surface area (Å²) in [6.07, 6.45) is 3.84. The van der Waals surface area contributed by atoms with Gasteiger partial charge in [0.25, 0.3) is 0 Å². The first-order valence-corrected chi connectivity index (χ1v) is 17.0. The quantitative estimate of drug-likeness (QED) is 0.182. The fourth-order valence-corrected chi connectivity index (χ4v) is 9.50. The highest BCUT2D eigenvalue weighted by Crippen LogP contribution is 2.54. The van der Waals surface area contributed by atoms with Crippen molar-refractivity contribution in [3.05, 3.63) is 144 Å². The number of nitrogens with zero attached hydrogens (tertiary/aromatic N) is 2. The van der Waals surface area contributed by atoms with Crippen molar-refractivity contribution < 1.29 is 0 Å². The number of pyridine rings is 2. The van der Waals surface area contributed by atoms with Crippen LogP contribution in [-0.4, -0.2) is 9.97 Å². The van der Waals surface area contributed by atoms with Gasteiger partial charge in [-0.1, -0.05) is 113 Å². The average Bonchev–Trinajstić information content (AvgIpc) is 3.67. The van der Waals surface area contributed by atoms with E-state index in [1.165, 1.54) is 99.1 Å². The van der Waals surface area contributed by atoms with E-state index in [1.807, 2.05) is 12.4 Å². The number of rotatable bonds is 2. The predicted octanol–water partition coefficient (Wildman–Crippen LogP) is 11.9. The number of aromatic nitrogens is 2. The molecule has 11 rings (SSSR count). The standard InChI is InChI=1S/C46H32N2/c1-45(2)36-19-11-26(23-34(36)43-38(45)7-5-21-47-43)28-15-17-32-33-18-16-29(31-14-10-25-9-13-30(28)41(32)40(25)42(31)33)27-12-20-37-35(24-27)44-39(46(37,3)4)8-6-22-48-44/h5-24H,1-4H3. The van der Waals surface area contributed by atoms with Crippen LogP contribution in [0.25, 0.3) is 88.2 Å². The Morgan fingerprint density at radius 2 is 0.854 bits per heavy atom. The highest BCUT2D eigenvalue weighted by molar-refractivity contribution is 6.35. The Labute approximate surface area is 279 Å². The number of hydrogen-bond donors (Lipinski definition) is 0. The van der Waals surface area contributed by atoms with Gasteiger partial charge >= 0.3 is 0 Å². The van der Waals surface area contributed by atoms with Crippen LogP contribution in [-0.2, 0) is 10.8 Å². The van der Waals surface area contributed by atoms with E-state index in [0.717, 1.165) is 11.4 Å². The van der Waals surface area contributed by atoms with Crippen LogP contribution in [0.15, 0.2) is 122 Å². The van der Waals surface area contributed by atoms with E-state index < -0.39 is 0 Å². The van der Waals surface area contributed by atoms with Crippen molar-refractivity contribution in [1.82, 2.24) is 9.97 Å². The minimum Gasteiger partial charge on any atom is -0.256 e. The van der Waals surface area contributed by atoms with Gasteiger partial charge in [-0.25, -0.2) is 0 Å². The van der Waals surface area contributed by atoms with Gasteiger partial charge in [-0.05, 0) is 112 Å². The summed E-state index contributed by atoms with van der Waals surface area (Å²) < 4.78 is 0. The lowest BCUT2D eigenvalue weighted by Crippen LogP contribution is -2.14. The Balaban J connectivity index is 1.12. The van der Waals surface area contributed by atoms with Crippen LogP contribution >= 0.6 is 0 Å². The van der Waals surface area contributed by atoms with Gasteiger partial charge in [-0.2, -0.15) is 0 Å². The fourth-order valence-electron chi connectivity index (χ4n) is 9.50. The first-order valence-electron chi connectivity index (χ1n) is 17.0. The zero-order chi connectivity index (χ0) is 32.1. The zero-order valence-corrected chi connectivity index (χ0v) is 27.4. The van der Waals surface area contributed by atoms with E-state index in [2.05, 4.69) is 137 Å². The molecule has 0 saturated heterocycles. The molecule has 0 spiro atoms. The van der Waals surface area contributed by atoms with Crippen molar-refractivity contribution in [2.45, 2.75) is 38.5 Å². The summed E-state index contributed by atoms with van der Waals surface area (Å²) in [4.78, 5) is 9.69. The summed E-state index contributed by atoms with van der Waals surface area (Å²) in [7, 11) is 0. The molecular weight excluding hydrogens is 581 g/mol. The molecule has 0 bridgehead atoms. The van der Waals surface area contributed by atoms with Gasteiger partial charge in [0, 0.05) is 34.4 Å². The second-order valence-electron chi connectivity index (χ2n) is 15.0. The summed E-state index contributed by atoms with van der Waals surface area (Å²) in [6.45, 7) is 9.25. The van der Waals surface area contributed by atoms with Crippen molar-refractivity contribution in [2.24, 2.45) is 0 Å². The van der Waals surface area contributed by atoms with Crippen molar-refractivity contribution in [3.63, 3.8) is 0 Å². The fraction of sp³-hybridized carbons (Fsp3) is 0.130. The Kier molecular flexibility index (Phi) is 4.77. The number of hydrogen-bond acceptors (Lipinski definition) is 2. The maximum absolute atomic E-state index is 4.85. The first-order chi connectivity index (χ1) is 23.3. The molecular formula is C46H32N2. The van der Waals surface area contributed by atoms with Crippen LogP contribution in [0.1, 0.15) is 49.9 Å². The summed E-state index contributed by atoms with van der Waals surface area (Å²) in [5.41, 5.74) is 17.7. The van der Waals surface area contributed by atoms with Gasteiger partial charge < -0.3 is 0 Å². The highest BCUT2D eigenvalue weighted by Gasteiger charge is 2.38. The van der Waals surface area contributed by atoms with E-state index in [-0.39, 0.29) is 10.8 Å². The molecule has 0 unspecified atom stereocenters. The molecule has 0 saturated carbocycles. The molecule has 0 atom stereocenters. The average molecular weight is 613 g/mol. The lowest BCUT2D eigenvalue weighted by molar-refractivity contribution is 0.659. The minimum atomic E-state index is -0.0532. The largest absolute Gasteiger partial charge is 0.256 e. The molecule has 2 nitrogen and oxygen atoms in total. The molecule has 3 aliphatic carbocycles. The molecule has 3 aliphatic rings. The third kappa shape index (κ3) is 3.09. The third-order valence-corrected chi connectivity index (χ3v) is 11.9. The predicted molar refractivity (Wildman–Crippen MR) is 200 cm³/mol. The van der Waals surface area contributed by atoms with Crippen molar-refractivity contribution in [3.8, 4) is 55.9 Å². The Morgan fingerprint density at radius 1 is 0.396 bits per heavy atom. The smallest absolute Gasteiger partial charge is 0.0746 e. The highest BCUT2D eigenvalue weighted by atomic mass is 14.7. The molecule has 0 fully saturated rings. The molecule has 2 heterocycles. The first kappa shape index (κ1) is 26.5. The van der Waals surface area contributed by atoms with E-state index in [4.69, 9.17) is 9.97 Å². The summed E-state index contributed by atoms with van der Waals surface area (Å²) in [5, 5.41) is 8.04. The second-order valence-corrected chi connectivity index (χ2v) is 15.0. The van der Waals surface area contributed by atoms with Gasteiger partial charge in [-0.15, -0.1) is 0 Å². The van der Waals surface area contributed by atoms with Crippen LogP contribution in [0.5, 0.6) is 0 Å². The Hall–Kier alpha value is -5.60. The van der Waals surface area contributed by atoms with Crippen molar-refractivity contribution in [2.75, 3.05) is 0 Å². The molecule has 0 N–H and O–H groups in total. The van der Waals surface area contributed by atoms with E-state index in [0.29, 0.717) is 0 Å². The molecule has 0 amide bonds. The SMILES string of the molecule is CC1(C)c2ccc(-c3ccc4c5c3ccc3ccc6c(-c7ccc8c(c7)-c7ncccc7C8(C)C)ccc-4c6c35)cc2-c2ncccc21. The van der Waals surface area contributed by atoms with Gasteiger partial charge in [0.2, 0.25) is 0 Å². The molecule has 0 aliphatic heterocycles. The summed E-state index contributed by atoms with van der Waals surface area (Å²) in [6, 6.07) is 41.3. The molecule has 2 heteroatoms.